The quantitative estimate of drug-likeness (QED) is 0.572. The lowest BCUT2D eigenvalue weighted by molar-refractivity contribution is -0.384. The molecule has 26 heavy (non-hydrogen) atoms. The molecule has 0 aromatic heterocycles. The molecule has 0 aliphatic heterocycles. The van der Waals surface area contributed by atoms with Gasteiger partial charge in [0.25, 0.3) is 17.5 Å². The molecule has 0 heterocycles. The van der Waals surface area contributed by atoms with E-state index in [0.717, 1.165) is 0 Å². The Balaban J connectivity index is 1.72. The maximum Gasteiger partial charge on any atom is 0.279 e. The first-order valence-electron chi connectivity index (χ1n) is 7.63. The van der Waals surface area contributed by atoms with E-state index in [1.165, 1.54) is 24.3 Å². The van der Waals surface area contributed by atoms with Crippen LogP contribution >= 0.6 is 0 Å². The zero-order valence-electron chi connectivity index (χ0n) is 13.9. The van der Waals surface area contributed by atoms with Gasteiger partial charge in [-0.3, -0.25) is 30.6 Å². The number of nitrogens with zero attached hydrogens (tertiary/aromatic N) is 1. The van der Waals surface area contributed by atoms with Gasteiger partial charge in [0.2, 0.25) is 0 Å². The van der Waals surface area contributed by atoms with E-state index in [2.05, 4.69) is 10.9 Å². The number of hydrazine groups is 1. The van der Waals surface area contributed by atoms with Gasteiger partial charge in [0.15, 0.2) is 12.7 Å². The first kappa shape index (κ1) is 18.7. The van der Waals surface area contributed by atoms with Crippen molar-refractivity contribution < 1.29 is 24.0 Å². The van der Waals surface area contributed by atoms with Crippen LogP contribution in [0.2, 0.25) is 0 Å². The number of amides is 2. The van der Waals surface area contributed by atoms with Crippen LogP contribution in [0, 0.1) is 10.1 Å². The third-order valence-corrected chi connectivity index (χ3v) is 3.17. The zero-order valence-corrected chi connectivity index (χ0v) is 13.9. The van der Waals surface area contributed by atoms with Crippen molar-refractivity contribution in [1.82, 2.24) is 10.9 Å². The van der Waals surface area contributed by atoms with Gasteiger partial charge in [-0.15, -0.1) is 0 Å². The molecule has 2 aromatic carbocycles. The molecule has 0 aliphatic carbocycles. The van der Waals surface area contributed by atoms with Crippen molar-refractivity contribution in [2.45, 2.75) is 13.0 Å². The normalized spacial score (nSPS) is 11.1. The van der Waals surface area contributed by atoms with E-state index in [1.54, 1.807) is 31.2 Å². The van der Waals surface area contributed by atoms with Crippen molar-refractivity contribution in [3.05, 3.63) is 64.7 Å². The van der Waals surface area contributed by atoms with E-state index in [1.807, 2.05) is 6.07 Å². The molecule has 0 spiro atoms. The summed E-state index contributed by atoms with van der Waals surface area (Å²) in [5, 5.41) is 10.5. The summed E-state index contributed by atoms with van der Waals surface area (Å²) < 4.78 is 10.6. The van der Waals surface area contributed by atoms with Crippen molar-refractivity contribution in [2.75, 3.05) is 6.61 Å². The molecule has 2 aromatic rings. The summed E-state index contributed by atoms with van der Waals surface area (Å²) in [6.45, 7) is 1.17. The number of ether oxygens (including phenoxy) is 2. The minimum Gasteiger partial charge on any atom is -0.484 e. The molecule has 0 bridgehead atoms. The molecule has 0 saturated heterocycles. The Morgan fingerprint density at radius 2 is 1.69 bits per heavy atom. The number of nitrogens with one attached hydrogen (secondary N) is 2. The van der Waals surface area contributed by atoms with E-state index in [9.17, 15) is 19.7 Å². The summed E-state index contributed by atoms with van der Waals surface area (Å²) >= 11 is 0. The van der Waals surface area contributed by atoms with Crippen LogP contribution in [0.4, 0.5) is 5.69 Å². The molecule has 2 N–H and O–H groups in total. The number of para-hydroxylation sites is 1. The highest BCUT2D eigenvalue weighted by molar-refractivity contribution is 5.85. The molecule has 0 aliphatic rings. The Kier molecular flexibility index (Phi) is 6.49. The Hall–Kier alpha value is -3.62. The maximum absolute atomic E-state index is 11.9. The van der Waals surface area contributed by atoms with E-state index in [0.29, 0.717) is 5.75 Å². The summed E-state index contributed by atoms with van der Waals surface area (Å²) in [6, 6.07) is 14.1. The van der Waals surface area contributed by atoms with Gasteiger partial charge in [-0.1, -0.05) is 18.2 Å². The van der Waals surface area contributed by atoms with Gasteiger partial charge in [-0.2, -0.15) is 0 Å². The Morgan fingerprint density at radius 1 is 1.04 bits per heavy atom. The molecule has 0 fully saturated rings. The highest BCUT2D eigenvalue weighted by atomic mass is 16.6. The van der Waals surface area contributed by atoms with Gasteiger partial charge in [0.1, 0.15) is 11.5 Å². The summed E-state index contributed by atoms with van der Waals surface area (Å²) in [4.78, 5) is 33.6. The number of benzene rings is 2. The highest BCUT2D eigenvalue weighted by Gasteiger charge is 2.15. The summed E-state index contributed by atoms with van der Waals surface area (Å²) in [7, 11) is 0. The number of hydrogen-bond donors (Lipinski definition) is 2. The lowest BCUT2D eigenvalue weighted by Gasteiger charge is -2.15. The smallest absolute Gasteiger partial charge is 0.279 e. The monoisotopic (exact) mass is 359 g/mol. The Labute approximate surface area is 149 Å². The summed E-state index contributed by atoms with van der Waals surface area (Å²) in [6.07, 6.45) is -0.812. The van der Waals surface area contributed by atoms with Crippen LogP contribution in [-0.2, 0) is 9.59 Å². The molecule has 0 radical (unpaired) electrons. The minimum atomic E-state index is -0.812. The van der Waals surface area contributed by atoms with Crippen LogP contribution in [0.5, 0.6) is 11.5 Å². The third kappa shape index (κ3) is 5.78. The lowest BCUT2D eigenvalue weighted by atomic mass is 10.3. The van der Waals surface area contributed by atoms with E-state index in [-0.39, 0.29) is 18.0 Å². The van der Waals surface area contributed by atoms with Crippen LogP contribution in [-0.4, -0.2) is 29.4 Å². The van der Waals surface area contributed by atoms with Crippen LogP contribution < -0.4 is 20.3 Å². The van der Waals surface area contributed by atoms with Gasteiger partial charge in [0, 0.05) is 12.1 Å². The van der Waals surface area contributed by atoms with Crippen LogP contribution in [0.15, 0.2) is 54.6 Å². The Bertz CT molecular complexity index is 764. The van der Waals surface area contributed by atoms with E-state index in [4.69, 9.17) is 9.47 Å². The standard InChI is InChI=1S/C17H17N3O6/c1-12(26-15-5-3-2-4-6-15)17(22)19-18-16(21)11-25-14-9-7-13(8-10-14)20(23)24/h2-10,12H,11H2,1H3,(H,18,21)(H,19,22). The van der Waals surface area contributed by atoms with Gasteiger partial charge in [0.05, 0.1) is 4.92 Å². The van der Waals surface area contributed by atoms with Crippen molar-refractivity contribution in [3.8, 4) is 11.5 Å². The molecule has 1 atom stereocenters. The number of carbonyl (C=O) groups excluding carboxylic acids is 2. The summed E-state index contributed by atoms with van der Waals surface area (Å²) in [5.74, 6) is -0.304. The predicted molar refractivity (Wildman–Crippen MR) is 91.4 cm³/mol. The number of nitro groups is 1. The van der Waals surface area contributed by atoms with Crippen molar-refractivity contribution >= 4 is 17.5 Å². The average Bonchev–Trinajstić information content (AvgIpc) is 2.65. The first-order valence-corrected chi connectivity index (χ1v) is 7.63. The number of hydrogen-bond acceptors (Lipinski definition) is 6. The van der Waals surface area contributed by atoms with E-state index < -0.39 is 22.8 Å². The lowest BCUT2D eigenvalue weighted by Crippen LogP contribution is -2.48. The molecule has 2 amide bonds. The van der Waals surface area contributed by atoms with Gasteiger partial charge in [-0.05, 0) is 31.2 Å². The second-order valence-electron chi connectivity index (χ2n) is 5.15. The number of nitro benzene ring substituents is 1. The molecular formula is C17H17N3O6. The summed E-state index contributed by atoms with van der Waals surface area (Å²) in [5.41, 5.74) is 4.35. The largest absolute Gasteiger partial charge is 0.484 e. The molecule has 0 saturated carbocycles. The van der Waals surface area contributed by atoms with Gasteiger partial charge >= 0.3 is 0 Å². The molecule has 9 heteroatoms. The van der Waals surface area contributed by atoms with Gasteiger partial charge < -0.3 is 9.47 Å². The van der Waals surface area contributed by atoms with Crippen molar-refractivity contribution in [2.24, 2.45) is 0 Å². The van der Waals surface area contributed by atoms with E-state index >= 15 is 0 Å². The third-order valence-electron chi connectivity index (χ3n) is 3.17. The van der Waals surface area contributed by atoms with Crippen LogP contribution in [0.25, 0.3) is 0 Å². The van der Waals surface area contributed by atoms with Crippen molar-refractivity contribution in [3.63, 3.8) is 0 Å². The fraction of sp³-hybridized carbons (Fsp3) is 0.176. The van der Waals surface area contributed by atoms with Gasteiger partial charge in [-0.25, -0.2) is 0 Å². The number of non-ortho nitro benzene ring substituents is 1. The fourth-order valence-electron chi connectivity index (χ4n) is 1.84. The molecular weight excluding hydrogens is 342 g/mol. The van der Waals surface area contributed by atoms with Crippen LogP contribution in [0.1, 0.15) is 6.92 Å². The van der Waals surface area contributed by atoms with Crippen molar-refractivity contribution in [1.29, 1.82) is 0 Å². The minimum absolute atomic E-state index is 0.0820. The highest BCUT2D eigenvalue weighted by Crippen LogP contribution is 2.17. The molecule has 9 nitrogen and oxygen atoms in total. The number of rotatable bonds is 7. The SMILES string of the molecule is CC(Oc1ccccc1)C(=O)NNC(=O)COc1ccc([N+](=O)[O-])cc1. The first-order chi connectivity index (χ1) is 12.5. The molecule has 136 valence electrons. The average molecular weight is 359 g/mol. The van der Waals surface area contributed by atoms with Crippen LogP contribution in [0.3, 0.4) is 0 Å². The fourth-order valence-corrected chi connectivity index (χ4v) is 1.84. The predicted octanol–water partition coefficient (Wildman–Crippen LogP) is 1.59. The second-order valence-corrected chi connectivity index (χ2v) is 5.15. The molecule has 1 unspecified atom stereocenters. The zero-order chi connectivity index (χ0) is 18.9. The number of carbonyl (C=O) groups is 2. The molecule has 2 rings (SSSR count). The maximum atomic E-state index is 11.9. The second kappa shape index (κ2) is 9.02. The topological polar surface area (TPSA) is 120 Å². The Morgan fingerprint density at radius 3 is 2.31 bits per heavy atom.